The van der Waals surface area contributed by atoms with E-state index < -0.39 is 0 Å². The van der Waals surface area contributed by atoms with Gasteiger partial charge in [0.05, 0.1) is 0 Å². The van der Waals surface area contributed by atoms with Gasteiger partial charge in [-0.05, 0) is 48.2 Å². The summed E-state index contributed by atoms with van der Waals surface area (Å²) < 4.78 is 0. The molecule has 114 valence electrons. The number of para-hydroxylation sites is 1. The van der Waals surface area contributed by atoms with Crippen LogP contribution in [0.15, 0.2) is 42.5 Å². The van der Waals surface area contributed by atoms with Gasteiger partial charge in [-0.1, -0.05) is 18.2 Å². The van der Waals surface area contributed by atoms with Gasteiger partial charge in [0.15, 0.2) is 0 Å². The molecule has 0 spiro atoms. The Morgan fingerprint density at radius 3 is 2.73 bits per heavy atom. The van der Waals surface area contributed by atoms with Gasteiger partial charge in [-0.15, -0.1) is 0 Å². The number of rotatable bonds is 2. The standard InChI is InChI=1S/C19H23N3/c1-13-8-16(21-15-6-4-3-5-7-15)9-17-18-11-20-10-14(18)12-22(2)19(13)17/h3-9,14,18,20-21H,10-12H2,1-2H3/t14-,18-/m0/s1. The molecule has 0 aromatic heterocycles. The van der Waals surface area contributed by atoms with Gasteiger partial charge in [-0.25, -0.2) is 0 Å². The van der Waals surface area contributed by atoms with E-state index in [0.717, 1.165) is 31.2 Å². The first kappa shape index (κ1) is 13.6. The third-order valence-corrected chi connectivity index (χ3v) is 5.02. The number of aryl methyl sites for hydroxylation is 1. The fourth-order valence-electron chi connectivity index (χ4n) is 4.10. The molecule has 2 aromatic carbocycles. The summed E-state index contributed by atoms with van der Waals surface area (Å²) >= 11 is 0. The van der Waals surface area contributed by atoms with E-state index >= 15 is 0 Å². The van der Waals surface area contributed by atoms with Crippen LogP contribution in [0.4, 0.5) is 17.1 Å². The van der Waals surface area contributed by atoms with E-state index in [4.69, 9.17) is 0 Å². The van der Waals surface area contributed by atoms with Gasteiger partial charge in [0, 0.05) is 49.7 Å². The molecule has 3 nitrogen and oxygen atoms in total. The summed E-state index contributed by atoms with van der Waals surface area (Å²) in [5.41, 5.74) is 6.64. The molecule has 22 heavy (non-hydrogen) atoms. The lowest BCUT2D eigenvalue weighted by molar-refractivity contribution is 0.496. The first-order valence-corrected chi connectivity index (χ1v) is 8.11. The molecule has 0 saturated carbocycles. The average Bonchev–Trinajstić information content (AvgIpc) is 2.96. The Hall–Kier alpha value is -2.00. The normalized spacial score (nSPS) is 23.1. The second kappa shape index (κ2) is 5.33. The minimum Gasteiger partial charge on any atom is -0.374 e. The van der Waals surface area contributed by atoms with Gasteiger partial charge in [0.25, 0.3) is 0 Å². The highest BCUT2D eigenvalue weighted by atomic mass is 15.1. The number of nitrogens with zero attached hydrogens (tertiary/aromatic N) is 1. The second-order valence-electron chi connectivity index (χ2n) is 6.63. The van der Waals surface area contributed by atoms with Gasteiger partial charge in [0.2, 0.25) is 0 Å². The lowest BCUT2D eigenvalue weighted by Crippen LogP contribution is -2.35. The van der Waals surface area contributed by atoms with Gasteiger partial charge in [-0.2, -0.15) is 0 Å². The summed E-state index contributed by atoms with van der Waals surface area (Å²) in [4.78, 5) is 2.44. The molecule has 0 radical (unpaired) electrons. The fraction of sp³-hybridized carbons (Fsp3) is 0.368. The zero-order valence-electron chi connectivity index (χ0n) is 13.3. The maximum absolute atomic E-state index is 3.57. The Balaban J connectivity index is 1.74. The van der Waals surface area contributed by atoms with Crippen LogP contribution in [0.2, 0.25) is 0 Å². The van der Waals surface area contributed by atoms with E-state index in [2.05, 4.69) is 65.9 Å². The molecule has 0 unspecified atom stereocenters. The van der Waals surface area contributed by atoms with Gasteiger partial charge >= 0.3 is 0 Å². The Labute approximate surface area is 132 Å². The number of hydrogen-bond acceptors (Lipinski definition) is 3. The Bertz CT molecular complexity index is 681. The van der Waals surface area contributed by atoms with Gasteiger partial charge in [0.1, 0.15) is 0 Å². The molecule has 2 atom stereocenters. The highest BCUT2D eigenvalue weighted by Crippen LogP contribution is 2.43. The lowest BCUT2D eigenvalue weighted by atomic mass is 9.82. The van der Waals surface area contributed by atoms with E-state index in [1.807, 2.05) is 6.07 Å². The van der Waals surface area contributed by atoms with Crippen molar-refractivity contribution in [3.8, 4) is 0 Å². The number of anilines is 3. The van der Waals surface area contributed by atoms with Crippen LogP contribution in [0.3, 0.4) is 0 Å². The molecule has 2 aromatic rings. The van der Waals surface area contributed by atoms with Crippen LogP contribution in [-0.4, -0.2) is 26.7 Å². The Kier molecular flexibility index (Phi) is 3.30. The van der Waals surface area contributed by atoms with Crippen molar-refractivity contribution in [2.24, 2.45) is 5.92 Å². The quantitative estimate of drug-likeness (QED) is 0.887. The summed E-state index contributed by atoms with van der Waals surface area (Å²) in [5.74, 6) is 1.39. The first-order valence-electron chi connectivity index (χ1n) is 8.11. The highest BCUT2D eigenvalue weighted by molar-refractivity contribution is 5.71. The van der Waals surface area contributed by atoms with E-state index in [0.29, 0.717) is 5.92 Å². The van der Waals surface area contributed by atoms with Crippen molar-refractivity contribution in [1.29, 1.82) is 0 Å². The molecule has 2 aliphatic heterocycles. The van der Waals surface area contributed by atoms with Crippen molar-refractivity contribution in [2.45, 2.75) is 12.8 Å². The monoisotopic (exact) mass is 293 g/mol. The predicted octanol–water partition coefficient (Wildman–Crippen LogP) is 3.49. The zero-order valence-corrected chi connectivity index (χ0v) is 13.3. The maximum atomic E-state index is 3.57. The van der Waals surface area contributed by atoms with Crippen LogP contribution in [0.5, 0.6) is 0 Å². The first-order chi connectivity index (χ1) is 10.7. The van der Waals surface area contributed by atoms with Crippen LogP contribution in [0.1, 0.15) is 17.0 Å². The third kappa shape index (κ3) is 2.26. The van der Waals surface area contributed by atoms with E-state index in [9.17, 15) is 0 Å². The zero-order chi connectivity index (χ0) is 15.1. The van der Waals surface area contributed by atoms with Crippen LogP contribution >= 0.6 is 0 Å². The SMILES string of the molecule is Cc1cc(Nc2ccccc2)cc2c1N(C)C[C@@H]1CNC[C@H]21. The minimum absolute atomic E-state index is 0.655. The predicted molar refractivity (Wildman–Crippen MR) is 93.3 cm³/mol. The molecule has 4 rings (SSSR count). The van der Waals surface area contributed by atoms with Crippen LogP contribution in [0, 0.1) is 12.8 Å². The lowest BCUT2D eigenvalue weighted by Gasteiger charge is -2.37. The molecule has 2 N–H and O–H groups in total. The number of hydrogen-bond donors (Lipinski definition) is 2. The molecule has 0 aliphatic carbocycles. The number of fused-ring (bicyclic) bond motifs is 3. The van der Waals surface area contributed by atoms with Crippen molar-refractivity contribution in [3.63, 3.8) is 0 Å². The summed E-state index contributed by atoms with van der Waals surface area (Å²) in [6.45, 7) is 5.65. The van der Waals surface area contributed by atoms with E-state index in [-0.39, 0.29) is 0 Å². The summed E-state index contributed by atoms with van der Waals surface area (Å²) in [6, 6.07) is 15.0. The largest absolute Gasteiger partial charge is 0.374 e. The van der Waals surface area contributed by atoms with Crippen LogP contribution in [-0.2, 0) is 0 Å². The molecule has 3 heteroatoms. The fourth-order valence-corrected chi connectivity index (χ4v) is 4.10. The van der Waals surface area contributed by atoms with E-state index in [1.54, 1.807) is 0 Å². The molecule has 2 aliphatic rings. The average molecular weight is 293 g/mol. The highest BCUT2D eigenvalue weighted by Gasteiger charge is 2.36. The third-order valence-electron chi connectivity index (χ3n) is 5.02. The summed E-state index contributed by atoms with van der Waals surface area (Å²) in [5, 5.41) is 7.12. The van der Waals surface area contributed by atoms with Crippen molar-refractivity contribution in [2.75, 3.05) is 36.9 Å². The number of nitrogens with one attached hydrogen (secondary N) is 2. The molecular weight excluding hydrogens is 270 g/mol. The maximum Gasteiger partial charge on any atom is 0.0430 e. The summed E-state index contributed by atoms with van der Waals surface area (Å²) in [6.07, 6.45) is 0. The number of benzene rings is 2. The molecule has 0 amide bonds. The van der Waals surface area contributed by atoms with Gasteiger partial charge < -0.3 is 15.5 Å². The molecule has 2 heterocycles. The van der Waals surface area contributed by atoms with Crippen LogP contribution < -0.4 is 15.5 Å². The Morgan fingerprint density at radius 1 is 1.09 bits per heavy atom. The van der Waals surface area contributed by atoms with Gasteiger partial charge in [-0.3, -0.25) is 0 Å². The smallest absolute Gasteiger partial charge is 0.0430 e. The molecule has 0 bridgehead atoms. The van der Waals surface area contributed by atoms with Crippen molar-refractivity contribution < 1.29 is 0 Å². The second-order valence-corrected chi connectivity index (χ2v) is 6.63. The van der Waals surface area contributed by atoms with Crippen molar-refractivity contribution in [1.82, 2.24) is 5.32 Å². The van der Waals surface area contributed by atoms with Crippen LogP contribution in [0.25, 0.3) is 0 Å². The Morgan fingerprint density at radius 2 is 1.91 bits per heavy atom. The van der Waals surface area contributed by atoms with Crippen molar-refractivity contribution >= 4 is 17.1 Å². The topological polar surface area (TPSA) is 27.3 Å². The molecule has 1 fully saturated rings. The molecular formula is C19H23N3. The van der Waals surface area contributed by atoms with E-state index in [1.165, 1.54) is 22.5 Å². The molecule has 1 saturated heterocycles. The summed E-state index contributed by atoms with van der Waals surface area (Å²) in [7, 11) is 2.23. The minimum atomic E-state index is 0.655. The van der Waals surface area contributed by atoms with Crippen molar-refractivity contribution in [3.05, 3.63) is 53.6 Å².